The lowest BCUT2D eigenvalue weighted by molar-refractivity contribution is -0.384. The van der Waals surface area contributed by atoms with Gasteiger partial charge in [0.05, 0.1) is 16.6 Å². The molecule has 0 aliphatic rings. The number of nitrogens with zero attached hydrogens (tertiary/aromatic N) is 3. The van der Waals surface area contributed by atoms with Crippen molar-refractivity contribution < 1.29 is 19.6 Å². The molecule has 2 heterocycles. The van der Waals surface area contributed by atoms with Gasteiger partial charge in [-0.2, -0.15) is 0 Å². The Bertz CT molecular complexity index is 1340. The van der Waals surface area contributed by atoms with Crippen LogP contribution in [0.1, 0.15) is 16.7 Å². The van der Waals surface area contributed by atoms with Gasteiger partial charge in [0.15, 0.2) is 0 Å². The fourth-order valence-electron chi connectivity index (χ4n) is 3.46. The van der Waals surface area contributed by atoms with E-state index in [9.17, 15) is 14.9 Å². The maximum absolute atomic E-state index is 11.1. The summed E-state index contributed by atoms with van der Waals surface area (Å²) in [7, 11) is 0. The Labute approximate surface area is 183 Å². The van der Waals surface area contributed by atoms with Crippen LogP contribution in [-0.2, 0) is 11.4 Å². The van der Waals surface area contributed by atoms with E-state index in [1.807, 2.05) is 34.9 Å². The highest BCUT2D eigenvalue weighted by Crippen LogP contribution is 2.30. The minimum absolute atomic E-state index is 0.00318. The average molecular weight is 429 g/mol. The zero-order chi connectivity index (χ0) is 22.7. The summed E-state index contributed by atoms with van der Waals surface area (Å²) in [6.07, 6.45) is 5.99. The van der Waals surface area contributed by atoms with Crippen molar-refractivity contribution in [2.45, 2.75) is 13.5 Å². The number of non-ortho nitro benzene ring substituents is 1. The molecule has 0 radical (unpaired) electrons. The maximum atomic E-state index is 11.1. The largest absolute Gasteiger partial charge is 0.478 e. The molecule has 8 nitrogen and oxygen atoms in total. The number of ether oxygens (including phenoxy) is 1. The number of carboxylic acid groups (broad SMARTS) is 1. The molecular weight excluding hydrogens is 410 g/mol. The third-order valence-corrected chi connectivity index (χ3v) is 4.98. The van der Waals surface area contributed by atoms with E-state index < -0.39 is 10.9 Å². The van der Waals surface area contributed by atoms with Crippen LogP contribution in [0.25, 0.3) is 22.7 Å². The predicted molar refractivity (Wildman–Crippen MR) is 120 cm³/mol. The molecule has 0 aliphatic carbocycles. The monoisotopic (exact) mass is 429 g/mol. The number of fused-ring (bicyclic) bond motifs is 1. The summed E-state index contributed by atoms with van der Waals surface area (Å²) >= 11 is 0. The van der Waals surface area contributed by atoms with Gasteiger partial charge in [0.1, 0.15) is 6.61 Å². The van der Waals surface area contributed by atoms with Gasteiger partial charge in [0.25, 0.3) is 5.69 Å². The molecule has 0 spiro atoms. The third-order valence-electron chi connectivity index (χ3n) is 4.98. The first-order valence-electron chi connectivity index (χ1n) is 9.76. The summed E-state index contributed by atoms with van der Waals surface area (Å²) < 4.78 is 7.66. The number of hydrogen-bond donors (Lipinski definition) is 1. The fourth-order valence-corrected chi connectivity index (χ4v) is 3.46. The van der Waals surface area contributed by atoms with Gasteiger partial charge >= 0.3 is 5.97 Å². The Kier molecular flexibility index (Phi) is 5.67. The molecule has 0 atom stereocenters. The zero-order valence-electron chi connectivity index (χ0n) is 17.1. The minimum atomic E-state index is -1.06. The third kappa shape index (κ3) is 4.34. The zero-order valence-corrected chi connectivity index (χ0v) is 17.1. The summed E-state index contributed by atoms with van der Waals surface area (Å²) in [4.78, 5) is 26.1. The molecule has 0 bridgehead atoms. The van der Waals surface area contributed by atoms with Gasteiger partial charge in [-0.25, -0.2) is 9.78 Å². The number of rotatable bonds is 7. The van der Waals surface area contributed by atoms with E-state index in [-0.39, 0.29) is 5.69 Å². The van der Waals surface area contributed by atoms with E-state index in [0.717, 1.165) is 28.2 Å². The van der Waals surface area contributed by atoms with Crippen molar-refractivity contribution in [1.82, 2.24) is 9.55 Å². The number of aromatic nitrogens is 2. The molecule has 0 fully saturated rings. The SMILES string of the molecule is Cc1cc([N+](=O)[O-])ccc1-n1cc(C=CC(=O)O)c2cc(OCc3ccccc3)ncc21. The van der Waals surface area contributed by atoms with Crippen LogP contribution >= 0.6 is 0 Å². The highest BCUT2D eigenvalue weighted by atomic mass is 16.6. The number of pyridine rings is 1. The number of carbonyl (C=O) groups is 1. The molecule has 4 rings (SSSR count). The van der Waals surface area contributed by atoms with Gasteiger partial charge < -0.3 is 14.4 Å². The second-order valence-electron chi connectivity index (χ2n) is 7.17. The van der Waals surface area contributed by atoms with Crippen LogP contribution in [0.4, 0.5) is 5.69 Å². The second-order valence-corrected chi connectivity index (χ2v) is 7.17. The maximum Gasteiger partial charge on any atom is 0.328 e. The van der Waals surface area contributed by atoms with Crippen LogP contribution < -0.4 is 4.74 Å². The molecule has 2 aromatic heterocycles. The molecule has 0 amide bonds. The lowest BCUT2D eigenvalue weighted by Gasteiger charge is -2.09. The van der Waals surface area contributed by atoms with E-state index in [0.29, 0.717) is 23.6 Å². The van der Waals surface area contributed by atoms with Gasteiger partial charge in [-0.05, 0) is 30.2 Å². The predicted octanol–water partition coefficient (Wildman–Crippen LogP) is 4.92. The minimum Gasteiger partial charge on any atom is -0.478 e. The van der Waals surface area contributed by atoms with Crippen molar-refractivity contribution in [3.8, 4) is 11.6 Å². The van der Waals surface area contributed by atoms with Crippen LogP contribution in [-0.4, -0.2) is 25.6 Å². The summed E-state index contributed by atoms with van der Waals surface area (Å²) in [5, 5.41) is 20.9. The fraction of sp³-hybridized carbons (Fsp3) is 0.0833. The molecular formula is C24H19N3O5. The van der Waals surface area contributed by atoms with Gasteiger partial charge in [-0.1, -0.05) is 30.3 Å². The molecule has 160 valence electrons. The normalized spacial score (nSPS) is 11.2. The number of benzene rings is 2. The van der Waals surface area contributed by atoms with Gasteiger partial charge in [0.2, 0.25) is 5.88 Å². The van der Waals surface area contributed by atoms with E-state index in [1.165, 1.54) is 18.2 Å². The van der Waals surface area contributed by atoms with Crippen LogP contribution in [0.3, 0.4) is 0 Å². The van der Waals surface area contributed by atoms with Gasteiger partial charge in [-0.15, -0.1) is 0 Å². The van der Waals surface area contributed by atoms with Crippen LogP contribution in [0, 0.1) is 17.0 Å². The molecule has 0 unspecified atom stereocenters. The van der Waals surface area contributed by atoms with Crippen molar-refractivity contribution in [1.29, 1.82) is 0 Å². The Morgan fingerprint density at radius 2 is 2.00 bits per heavy atom. The average Bonchev–Trinajstić information content (AvgIpc) is 3.14. The first kappa shape index (κ1) is 20.8. The first-order valence-corrected chi connectivity index (χ1v) is 9.76. The van der Waals surface area contributed by atoms with Crippen LogP contribution in [0.2, 0.25) is 0 Å². The van der Waals surface area contributed by atoms with Crippen molar-refractivity contribution >= 4 is 28.6 Å². The number of nitro benzene ring substituents is 1. The molecule has 4 aromatic rings. The lowest BCUT2D eigenvalue weighted by Crippen LogP contribution is -1.99. The van der Waals surface area contributed by atoms with E-state index in [4.69, 9.17) is 9.84 Å². The van der Waals surface area contributed by atoms with E-state index >= 15 is 0 Å². The summed E-state index contributed by atoms with van der Waals surface area (Å²) in [5.74, 6) is -0.656. The Balaban J connectivity index is 1.77. The van der Waals surface area contributed by atoms with E-state index in [2.05, 4.69) is 4.98 Å². The van der Waals surface area contributed by atoms with Crippen molar-refractivity contribution in [2.24, 2.45) is 0 Å². The standard InChI is InChI=1S/C24H19N3O5/c1-16-11-19(27(30)31)8-9-21(16)26-14-18(7-10-24(28)29)20-12-23(25-13-22(20)26)32-15-17-5-3-2-4-6-17/h2-14H,15H2,1H3,(H,28,29). The molecule has 2 aromatic carbocycles. The summed E-state index contributed by atoms with van der Waals surface area (Å²) in [6.45, 7) is 2.13. The van der Waals surface area contributed by atoms with Crippen molar-refractivity contribution in [2.75, 3.05) is 0 Å². The van der Waals surface area contributed by atoms with Crippen LogP contribution in [0.15, 0.2) is 73.1 Å². The molecule has 0 saturated heterocycles. The summed E-state index contributed by atoms with van der Waals surface area (Å²) in [5.41, 5.74) is 3.82. The Morgan fingerprint density at radius 3 is 2.69 bits per heavy atom. The quantitative estimate of drug-likeness (QED) is 0.254. The second kappa shape index (κ2) is 8.73. The van der Waals surface area contributed by atoms with Crippen molar-refractivity contribution in [3.05, 3.63) is 99.9 Å². The Hall–Kier alpha value is -4.46. The molecule has 32 heavy (non-hydrogen) atoms. The number of carboxylic acids is 1. The summed E-state index contributed by atoms with van der Waals surface area (Å²) in [6, 6.07) is 16.0. The number of aryl methyl sites for hydroxylation is 1. The number of aliphatic carboxylic acids is 1. The molecule has 1 N–H and O–H groups in total. The highest BCUT2D eigenvalue weighted by molar-refractivity contribution is 5.94. The first-order chi connectivity index (χ1) is 15.4. The highest BCUT2D eigenvalue weighted by Gasteiger charge is 2.15. The van der Waals surface area contributed by atoms with Gasteiger partial charge in [-0.3, -0.25) is 10.1 Å². The number of nitro groups is 1. The molecule has 0 aliphatic heterocycles. The van der Waals surface area contributed by atoms with Gasteiger partial charge in [0, 0.05) is 47.1 Å². The molecule has 0 saturated carbocycles. The van der Waals surface area contributed by atoms with Crippen molar-refractivity contribution in [3.63, 3.8) is 0 Å². The lowest BCUT2D eigenvalue weighted by atomic mass is 10.1. The number of hydrogen-bond acceptors (Lipinski definition) is 5. The smallest absolute Gasteiger partial charge is 0.328 e. The Morgan fingerprint density at radius 1 is 1.22 bits per heavy atom. The van der Waals surface area contributed by atoms with E-state index in [1.54, 1.807) is 31.5 Å². The molecule has 8 heteroatoms. The topological polar surface area (TPSA) is 107 Å². The van der Waals surface area contributed by atoms with Crippen LogP contribution in [0.5, 0.6) is 5.88 Å².